The van der Waals surface area contributed by atoms with E-state index in [-0.39, 0.29) is 4.75 Å². The van der Waals surface area contributed by atoms with Crippen LogP contribution in [0.2, 0.25) is 5.02 Å². The third-order valence-corrected chi connectivity index (χ3v) is 3.25. The number of hydrogen-bond donors (Lipinski definition) is 0. The monoisotopic (exact) mass is 244 g/mol. The van der Waals surface area contributed by atoms with Crippen LogP contribution >= 0.6 is 11.6 Å². The highest BCUT2D eigenvalue weighted by molar-refractivity contribution is 7.91. The maximum Gasteiger partial charge on any atom is 0.144 e. The van der Waals surface area contributed by atoms with Crippen molar-refractivity contribution in [2.75, 3.05) is 0 Å². The lowest BCUT2D eigenvalue weighted by atomic mass is 10.3. The maximum atomic E-state index is 11.6. The summed E-state index contributed by atoms with van der Waals surface area (Å²) in [5, 5.41) is 0.507. The average molecular weight is 245 g/mol. The summed E-state index contributed by atoms with van der Waals surface area (Å²) in [6.45, 7) is 5.58. The first-order valence-corrected chi connectivity index (χ1v) is 5.96. The van der Waals surface area contributed by atoms with Crippen LogP contribution in [0.4, 0.5) is 0 Å². The van der Waals surface area contributed by atoms with Gasteiger partial charge in [0, 0.05) is 6.20 Å². The van der Waals surface area contributed by atoms with Crippen LogP contribution in [0.25, 0.3) is 0 Å². The van der Waals surface area contributed by atoms with Crippen molar-refractivity contribution in [2.45, 2.75) is 25.5 Å². The Bertz CT molecular complexity index is 363. The van der Waals surface area contributed by atoms with Crippen LogP contribution < -0.4 is 0 Å². The Balaban J connectivity index is 2.79. The molecule has 15 heavy (non-hydrogen) atoms. The number of hydrogen-bond acceptors (Lipinski definition) is 3. The molecule has 0 aliphatic rings. The van der Waals surface area contributed by atoms with Crippen LogP contribution in [0.3, 0.4) is 0 Å². The van der Waals surface area contributed by atoms with E-state index in [0.29, 0.717) is 10.7 Å². The van der Waals surface area contributed by atoms with Gasteiger partial charge in [0.1, 0.15) is 28.0 Å². The van der Waals surface area contributed by atoms with Crippen molar-refractivity contribution >= 4 is 29.2 Å². The van der Waals surface area contributed by atoms with Crippen LogP contribution in [0.1, 0.15) is 26.5 Å². The second kappa shape index (κ2) is 4.96. The molecule has 5 heteroatoms. The fourth-order valence-corrected chi connectivity index (χ4v) is 1.43. The van der Waals surface area contributed by atoms with Gasteiger partial charge in [0.15, 0.2) is 0 Å². The van der Waals surface area contributed by atoms with Crippen LogP contribution in [-0.4, -0.2) is 20.5 Å². The Labute approximate surface area is 97.9 Å². The van der Waals surface area contributed by atoms with E-state index in [0.717, 1.165) is 0 Å². The van der Waals surface area contributed by atoms with Gasteiger partial charge in [-0.15, -0.1) is 0 Å². The summed E-state index contributed by atoms with van der Waals surface area (Å²) in [7, 11) is 0. The molecule has 0 spiro atoms. The van der Waals surface area contributed by atoms with Crippen LogP contribution in [0, 0.1) is 0 Å². The molecule has 1 heterocycles. The third-order valence-electron chi connectivity index (χ3n) is 1.58. The van der Waals surface area contributed by atoms with Crippen molar-refractivity contribution < 1.29 is 4.55 Å². The molecular weight excluding hydrogens is 232 g/mol. The highest BCUT2D eigenvalue weighted by atomic mass is 35.5. The van der Waals surface area contributed by atoms with Gasteiger partial charge in [-0.2, -0.15) is 0 Å². The van der Waals surface area contributed by atoms with Gasteiger partial charge in [-0.3, -0.25) is 4.98 Å². The first-order chi connectivity index (χ1) is 6.91. The maximum absolute atomic E-state index is 11.6. The third kappa shape index (κ3) is 3.81. The van der Waals surface area contributed by atoms with E-state index in [9.17, 15) is 4.55 Å². The number of aromatic nitrogens is 1. The van der Waals surface area contributed by atoms with Crippen LogP contribution in [0.15, 0.2) is 22.7 Å². The Kier molecular flexibility index (Phi) is 4.13. The van der Waals surface area contributed by atoms with Crippen molar-refractivity contribution in [3.8, 4) is 0 Å². The number of pyridine rings is 1. The van der Waals surface area contributed by atoms with E-state index in [1.54, 1.807) is 18.3 Å². The molecule has 0 bridgehead atoms. The van der Waals surface area contributed by atoms with Crippen molar-refractivity contribution in [3.63, 3.8) is 0 Å². The summed E-state index contributed by atoms with van der Waals surface area (Å²) in [6, 6.07) is 3.45. The van der Waals surface area contributed by atoms with Gasteiger partial charge in [-0.1, -0.05) is 16.0 Å². The smallest absolute Gasteiger partial charge is 0.144 e. The molecule has 82 valence electrons. The van der Waals surface area contributed by atoms with E-state index >= 15 is 0 Å². The minimum Gasteiger partial charge on any atom is -0.591 e. The standard InChI is InChI=1S/C10H13ClN2OS/c1-10(2,3)15(14)13-7-9-8(11)5-4-6-12-9/h4-7H,1-3H3/t15-/m0/s1. The summed E-state index contributed by atoms with van der Waals surface area (Å²) < 4.78 is 15.2. The van der Waals surface area contributed by atoms with Gasteiger partial charge in [-0.25, -0.2) is 0 Å². The zero-order valence-electron chi connectivity index (χ0n) is 8.90. The van der Waals surface area contributed by atoms with Crippen molar-refractivity contribution in [1.29, 1.82) is 0 Å². The normalized spacial score (nSPS) is 14.5. The van der Waals surface area contributed by atoms with E-state index in [4.69, 9.17) is 11.6 Å². The first-order valence-electron chi connectivity index (χ1n) is 4.48. The quantitative estimate of drug-likeness (QED) is 0.593. The predicted molar refractivity (Wildman–Crippen MR) is 64.7 cm³/mol. The predicted octanol–water partition coefficient (Wildman–Crippen LogP) is 2.62. The molecule has 0 radical (unpaired) electrons. The Morgan fingerprint density at radius 2 is 2.20 bits per heavy atom. The topological polar surface area (TPSA) is 48.3 Å². The molecule has 0 saturated carbocycles. The highest BCUT2D eigenvalue weighted by Gasteiger charge is 2.25. The van der Waals surface area contributed by atoms with E-state index in [1.165, 1.54) is 6.21 Å². The molecule has 0 fully saturated rings. The molecule has 1 atom stereocenters. The second-order valence-electron chi connectivity index (χ2n) is 3.97. The molecule has 1 rings (SSSR count). The lowest BCUT2D eigenvalue weighted by molar-refractivity contribution is 0.562. The number of nitrogens with zero attached hydrogens (tertiary/aromatic N) is 2. The largest absolute Gasteiger partial charge is 0.591 e. The van der Waals surface area contributed by atoms with Crippen molar-refractivity contribution in [2.24, 2.45) is 4.40 Å². The van der Waals surface area contributed by atoms with Gasteiger partial charge < -0.3 is 4.55 Å². The summed E-state index contributed by atoms with van der Waals surface area (Å²) in [5.74, 6) is 0. The summed E-state index contributed by atoms with van der Waals surface area (Å²) >= 11 is 4.59. The summed E-state index contributed by atoms with van der Waals surface area (Å²) in [5.41, 5.74) is 0.539. The van der Waals surface area contributed by atoms with Gasteiger partial charge in [0.25, 0.3) is 0 Å². The van der Waals surface area contributed by atoms with Gasteiger partial charge in [-0.05, 0) is 32.9 Å². The molecule has 0 aromatic carbocycles. The molecule has 1 aromatic heterocycles. The molecule has 0 aliphatic carbocycles. The lowest BCUT2D eigenvalue weighted by Crippen LogP contribution is -2.25. The number of rotatable bonds is 2. The Morgan fingerprint density at radius 3 is 2.73 bits per heavy atom. The van der Waals surface area contributed by atoms with Crippen molar-refractivity contribution in [1.82, 2.24) is 4.98 Å². The highest BCUT2D eigenvalue weighted by Crippen LogP contribution is 2.17. The molecular formula is C10H13ClN2OS. The molecule has 1 aromatic rings. The molecule has 3 nitrogen and oxygen atoms in total. The number of halogens is 1. The van der Waals surface area contributed by atoms with Gasteiger partial charge in [0.2, 0.25) is 0 Å². The summed E-state index contributed by atoms with van der Waals surface area (Å²) in [6.07, 6.45) is 3.07. The molecule has 0 amide bonds. The fourth-order valence-electron chi connectivity index (χ4n) is 0.749. The Morgan fingerprint density at radius 1 is 1.53 bits per heavy atom. The van der Waals surface area contributed by atoms with Gasteiger partial charge >= 0.3 is 0 Å². The van der Waals surface area contributed by atoms with Gasteiger partial charge in [0.05, 0.1) is 5.02 Å². The summed E-state index contributed by atoms with van der Waals surface area (Å²) in [4.78, 5) is 4.02. The van der Waals surface area contributed by atoms with E-state index < -0.39 is 11.4 Å². The zero-order chi connectivity index (χ0) is 11.5. The first kappa shape index (κ1) is 12.5. The van der Waals surface area contributed by atoms with Crippen LogP contribution in [-0.2, 0) is 11.4 Å². The minimum atomic E-state index is -1.28. The molecule has 0 unspecified atom stereocenters. The zero-order valence-corrected chi connectivity index (χ0v) is 10.5. The second-order valence-corrected chi connectivity index (χ2v) is 6.31. The fraction of sp³-hybridized carbons (Fsp3) is 0.400. The lowest BCUT2D eigenvalue weighted by Gasteiger charge is -2.17. The van der Waals surface area contributed by atoms with E-state index in [1.807, 2.05) is 20.8 Å². The molecule has 0 saturated heterocycles. The van der Waals surface area contributed by atoms with Crippen LogP contribution in [0.5, 0.6) is 0 Å². The SMILES string of the molecule is CC(C)(C)[S@+]([O-])N=Cc1ncccc1Cl. The minimum absolute atomic E-state index is 0.363. The average Bonchev–Trinajstić information content (AvgIpc) is 2.14. The van der Waals surface area contributed by atoms with Crippen molar-refractivity contribution in [3.05, 3.63) is 29.0 Å². The molecule has 0 N–H and O–H groups in total. The van der Waals surface area contributed by atoms with E-state index in [2.05, 4.69) is 9.38 Å². The Hall–Kier alpha value is -0.580. The molecule has 0 aliphatic heterocycles.